The Bertz CT molecular complexity index is 949. The number of carbonyl (C=O) groups is 3. The van der Waals surface area contributed by atoms with E-state index in [4.69, 9.17) is 4.74 Å². The van der Waals surface area contributed by atoms with E-state index in [1.807, 2.05) is 0 Å². The van der Waals surface area contributed by atoms with Crippen LogP contribution >= 0.6 is 0 Å². The number of carbonyl (C=O) groups excluding carboxylic acids is 3. The molecule has 0 radical (unpaired) electrons. The molecule has 1 heterocycles. The number of hydrogen-bond donors (Lipinski definition) is 2. The molecule has 0 unspecified atom stereocenters. The van der Waals surface area contributed by atoms with Crippen molar-refractivity contribution in [2.45, 2.75) is 18.4 Å². The summed E-state index contributed by atoms with van der Waals surface area (Å²) in [5, 5.41) is 3.26. The van der Waals surface area contributed by atoms with E-state index in [0.717, 1.165) is 0 Å². The topological polar surface area (TPSA) is 87.7 Å². The maximum atomic E-state index is 13.9. The van der Waals surface area contributed by atoms with Crippen molar-refractivity contribution in [2.24, 2.45) is 0 Å². The minimum absolute atomic E-state index is 0.0960. The summed E-state index contributed by atoms with van der Waals surface area (Å²) in [6.07, 6.45) is -5.28. The molecule has 0 saturated carbocycles. The molecule has 2 aromatic rings. The van der Waals surface area contributed by atoms with Crippen LogP contribution in [0.2, 0.25) is 0 Å². The molecule has 4 amide bonds. The fourth-order valence-electron chi connectivity index (χ4n) is 2.90. The van der Waals surface area contributed by atoms with Gasteiger partial charge in [-0.25, -0.2) is 4.79 Å². The van der Waals surface area contributed by atoms with Crippen LogP contribution in [-0.4, -0.2) is 41.7 Å². The predicted molar refractivity (Wildman–Crippen MR) is 94.8 cm³/mol. The summed E-state index contributed by atoms with van der Waals surface area (Å²) in [7, 11) is 1.35. The third-order valence-corrected chi connectivity index (χ3v) is 4.39. The van der Waals surface area contributed by atoms with Crippen LogP contribution in [-0.2, 0) is 11.3 Å². The van der Waals surface area contributed by atoms with Gasteiger partial charge in [0.05, 0.1) is 13.7 Å². The highest BCUT2D eigenvalue weighted by atomic mass is 19.4. The zero-order chi connectivity index (χ0) is 21.2. The zero-order valence-corrected chi connectivity index (χ0v) is 15.1. The average molecular weight is 407 g/mol. The Morgan fingerprint density at radius 2 is 1.72 bits per heavy atom. The molecule has 1 aliphatic rings. The Labute approximate surface area is 163 Å². The minimum atomic E-state index is -5.28. The van der Waals surface area contributed by atoms with Gasteiger partial charge in [0.25, 0.3) is 17.5 Å². The number of imide groups is 1. The summed E-state index contributed by atoms with van der Waals surface area (Å²) >= 11 is 0. The first kappa shape index (κ1) is 20.2. The Morgan fingerprint density at radius 3 is 2.34 bits per heavy atom. The van der Waals surface area contributed by atoms with E-state index < -0.39 is 36.2 Å². The Balaban J connectivity index is 1.94. The SMILES string of the molecule is COc1ccccc1CN1C(=O)N[C@](NC(=O)c2ccccc2)(C(F)(F)F)C1=O. The number of ether oxygens (including phenoxy) is 1. The third kappa shape index (κ3) is 3.60. The first-order chi connectivity index (χ1) is 13.7. The monoisotopic (exact) mass is 407 g/mol. The molecule has 7 nitrogen and oxygen atoms in total. The van der Waals surface area contributed by atoms with Gasteiger partial charge < -0.3 is 10.1 Å². The number of halogens is 3. The van der Waals surface area contributed by atoms with Crippen molar-refractivity contribution in [1.29, 1.82) is 0 Å². The van der Waals surface area contributed by atoms with E-state index in [1.165, 1.54) is 37.4 Å². The second-order valence-corrected chi connectivity index (χ2v) is 6.20. The van der Waals surface area contributed by atoms with E-state index in [2.05, 4.69) is 0 Å². The van der Waals surface area contributed by atoms with E-state index in [-0.39, 0.29) is 5.56 Å². The molecular weight excluding hydrogens is 391 g/mol. The summed E-state index contributed by atoms with van der Waals surface area (Å²) in [4.78, 5) is 37.7. The lowest BCUT2D eigenvalue weighted by molar-refractivity contribution is -0.200. The standard InChI is InChI=1S/C19H16F3N3O4/c1-29-14-10-6-5-9-13(14)11-25-16(27)18(19(20,21)22,24-17(25)28)23-15(26)12-7-3-2-4-8-12/h2-10H,11H2,1H3,(H,23,26)(H,24,28)/t18-/m0/s1. The lowest BCUT2D eigenvalue weighted by Crippen LogP contribution is -2.69. The van der Waals surface area contributed by atoms with E-state index in [1.54, 1.807) is 34.9 Å². The van der Waals surface area contributed by atoms with Gasteiger partial charge in [-0.15, -0.1) is 0 Å². The van der Waals surface area contributed by atoms with E-state index in [0.29, 0.717) is 16.2 Å². The van der Waals surface area contributed by atoms with Crippen LogP contribution in [0, 0.1) is 0 Å². The van der Waals surface area contributed by atoms with Crippen LogP contribution < -0.4 is 15.4 Å². The molecule has 0 bridgehead atoms. The van der Waals surface area contributed by atoms with Crippen molar-refractivity contribution < 1.29 is 32.3 Å². The minimum Gasteiger partial charge on any atom is -0.496 e. The number of amides is 4. The van der Waals surface area contributed by atoms with Crippen molar-refractivity contribution >= 4 is 17.8 Å². The number of alkyl halides is 3. The van der Waals surface area contributed by atoms with Gasteiger partial charge in [-0.1, -0.05) is 36.4 Å². The van der Waals surface area contributed by atoms with Crippen molar-refractivity contribution in [2.75, 3.05) is 7.11 Å². The largest absolute Gasteiger partial charge is 0.496 e. The highest BCUT2D eigenvalue weighted by Crippen LogP contribution is 2.35. The smallest absolute Gasteiger partial charge is 0.440 e. The zero-order valence-electron chi connectivity index (χ0n) is 15.1. The number of para-hydroxylation sites is 1. The second-order valence-electron chi connectivity index (χ2n) is 6.20. The fraction of sp³-hybridized carbons (Fsp3) is 0.211. The first-order valence-electron chi connectivity index (χ1n) is 8.40. The molecule has 1 atom stereocenters. The van der Waals surface area contributed by atoms with Crippen molar-refractivity contribution in [3.63, 3.8) is 0 Å². The lowest BCUT2D eigenvalue weighted by Gasteiger charge is -2.30. The Morgan fingerprint density at radius 1 is 1.10 bits per heavy atom. The predicted octanol–water partition coefficient (Wildman–Crippen LogP) is 2.44. The molecule has 1 aliphatic heterocycles. The number of methoxy groups -OCH3 is 1. The molecule has 152 valence electrons. The highest BCUT2D eigenvalue weighted by Gasteiger charge is 2.68. The van der Waals surface area contributed by atoms with Gasteiger partial charge in [-0.05, 0) is 18.2 Å². The summed E-state index contributed by atoms with van der Waals surface area (Å²) in [5.41, 5.74) is -3.34. The molecule has 2 aromatic carbocycles. The van der Waals surface area contributed by atoms with Gasteiger partial charge in [-0.3, -0.25) is 19.8 Å². The number of nitrogens with one attached hydrogen (secondary N) is 2. The van der Waals surface area contributed by atoms with Gasteiger partial charge in [0.15, 0.2) is 0 Å². The Kier molecular flexibility index (Phi) is 5.19. The summed E-state index contributed by atoms with van der Waals surface area (Å²) < 4.78 is 46.7. The van der Waals surface area contributed by atoms with Crippen molar-refractivity contribution in [3.05, 3.63) is 65.7 Å². The van der Waals surface area contributed by atoms with Crippen LogP contribution in [0.25, 0.3) is 0 Å². The second kappa shape index (κ2) is 7.46. The molecule has 1 saturated heterocycles. The van der Waals surface area contributed by atoms with Crippen LogP contribution in [0.5, 0.6) is 5.75 Å². The number of rotatable bonds is 5. The molecule has 0 spiro atoms. The maximum absolute atomic E-state index is 13.9. The first-order valence-corrected chi connectivity index (χ1v) is 8.40. The number of benzene rings is 2. The molecule has 0 aliphatic carbocycles. The highest BCUT2D eigenvalue weighted by molar-refractivity contribution is 6.10. The molecule has 29 heavy (non-hydrogen) atoms. The number of nitrogens with zero attached hydrogens (tertiary/aromatic N) is 1. The molecule has 1 fully saturated rings. The quantitative estimate of drug-likeness (QED) is 0.746. The van der Waals surface area contributed by atoms with Gasteiger partial charge in [-0.2, -0.15) is 13.2 Å². The molecule has 0 aromatic heterocycles. The van der Waals surface area contributed by atoms with Crippen LogP contribution in [0.15, 0.2) is 54.6 Å². The Hall–Kier alpha value is -3.56. The molecular formula is C19H16F3N3O4. The van der Waals surface area contributed by atoms with Gasteiger partial charge >= 0.3 is 12.2 Å². The van der Waals surface area contributed by atoms with Crippen molar-refractivity contribution in [1.82, 2.24) is 15.5 Å². The van der Waals surface area contributed by atoms with Crippen molar-refractivity contribution in [3.8, 4) is 5.75 Å². The normalized spacial score (nSPS) is 19.1. The fourth-order valence-corrected chi connectivity index (χ4v) is 2.90. The van der Waals surface area contributed by atoms with Gasteiger partial charge in [0.1, 0.15) is 5.75 Å². The van der Waals surface area contributed by atoms with Gasteiger partial charge in [0.2, 0.25) is 0 Å². The van der Waals surface area contributed by atoms with Gasteiger partial charge in [0, 0.05) is 11.1 Å². The van der Waals surface area contributed by atoms with Crippen LogP contribution in [0.1, 0.15) is 15.9 Å². The van der Waals surface area contributed by atoms with Crippen LogP contribution in [0.4, 0.5) is 18.0 Å². The number of urea groups is 1. The van der Waals surface area contributed by atoms with E-state index >= 15 is 0 Å². The lowest BCUT2D eigenvalue weighted by atomic mass is 10.1. The average Bonchev–Trinajstić information content (AvgIpc) is 2.94. The van der Waals surface area contributed by atoms with E-state index in [9.17, 15) is 27.6 Å². The molecule has 2 N–H and O–H groups in total. The number of hydrogen-bond acceptors (Lipinski definition) is 4. The summed E-state index contributed by atoms with van der Waals surface area (Å²) in [5.74, 6) is -2.49. The maximum Gasteiger partial charge on any atom is 0.440 e. The summed E-state index contributed by atoms with van der Waals surface area (Å²) in [6.45, 7) is -0.465. The third-order valence-electron chi connectivity index (χ3n) is 4.39. The summed E-state index contributed by atoms with van der Waals surface area (Å²) in [6, 6.07) is 12.0. The van der Waals surface area contributed by atoms with Crippen LogP contribution in [0.3, 0.4) is 0 Å². The molecule has 3 rings (SSSR count). The molecule has 10 heteroatoms.